The average molecular weight is 459 g/mol. The quantitative estimate of drug-likeness (QED) is 0.385. The number of aliphatic hydroxyl groups excluding tert-OH is 2. The van der Waals surface area contributed by atoms with Crippen LogP contribution in [-0.4, -0.2) is 71.0 Å². The Bertz CT molecular complexity index is 559. The Labute approximate surface area is 191 Å². The molecule has 0 amide bonds. The number of hydrogen-bond acceptors (Lipinski definition) is 8. The molecule has 0 bridgehead atoms. The standard InChI is InChI=1S/C24H42O8/c1-5-7-9-17(25)11-13-23(3)29-15-19(31-23)21(27)22(28)20-16-30-24(4,32-20)14-12-18(26)10-8-6-2/h19-22,27-28H,5-16H2,1-4H3. The first-order chi connectivity index (χ1) is 15.1. The van der Waals surface area contributed by atoms with Gasteiger partial charge in [-0.2, -0.15) is 0 Å². The topological polar surface area (TPSA) is 112 Å². The molecule has 6 unspecified atom stereocenters. The maximum Gasteiger partial charge on any atom is 0.166 e. The molecule has 2 aliphatic rings. The van der Waals surface area contributed by atoms with Gasteiger partial charge in [-0.1, -0.05) is 26.7 Å². The van der Waals surface area contributed by atoms with Crippen molar-refractivity contribution in [2.75, 3.05) is 13.2 Å². The first kappa shape index (κ1) is 27.3. The minimum absolute atomic E-state index is 0.120. The molecule has 2 rings (SSSR count). The van der Waals surface area contributed by atoms with E-state index in [2.05, 4.69) is 0 Å². The molecule has 2 N–H and O–H groups in total. The van der Waals surface area contributed by atoms with E-state index < -0.39 is 36.0 Å². The largest absolute Gasteiger partial charge is 0.387 e. The lowest BCUT2D eigenvalue weighted by atomic mass is 10.0. The van der Waals surface area contributed by atoms with Gasteiger partial charge in [0.25, 0.3) is 0 Å². The molecule has 32 heavy (non-hydrogen) atoms. The third-order valence-corrected chi connectivity index (χ3v) is 6.35. The first-order valence-electron chi connectivity index (χ1n) is 12.1. The Morgan fingerprint density at radius 3 is 1.50 bits per heavy atom. The van der Waals surface area contributed by atoms with Crippen LogP contribution in [0.25, 0.3) is 0 Å². The molecule has 0 radical (unpaired) electrons. The van der Waals surface area contributed by atoms with Crippen molar-refractivity contribution in [2.24, 2.45) is 0 Å². The summed E-state index contributed by atoms with van der Waals surface area (Å²) in [4.78, 5) is 23.9. The van der Waals surface area contributed by atoms with Crippen molar-refractivity contribution in [2.45, 2.75) is 128 Å². The minimum atomic E-state index is -1.23. The fraction of sp³-hybridized carbons (Fsp3) is 0.917. The third kappa shape index (κ3) is 8.15. The summed E-state index contributed by atoms with van der Waals surface area (Å²) < 4.78 is 23.2. The van der Waals surface area contributed by atoms with Crippen molar-refractivity contribution in [3.8, 4) is 0 Å². The van der Waals surface area contributed by atoms with Crippen LogP contribution in [-0.2, 0) is 28.5 Å². The van der Waals surface area contributed by atoms with Gasteiger partial charge in [-0.3, -0.25) is 9.59 Å². The van der Waals surface area contributed by atoms with Gasteiger partial charge in [0.15, 0.2) is 11.6 Å². The molecule has 0 aromatic heterocycles. The van der Waals surface area contributed by atoms with Crippen LogP contribution in [0.4, 0.5) is 0 Å². The highest BCUT2D eigenvalue weighted by Gasteiger charge is 2.47. The summed E-state index contributed by atoms with van der Waals surface area (Å²) >= 11 is 0. The van der Waals surface area contributed by atoms with Gasteiger partial charge in [0.05, 0.1) is 13.2 Å². The van der Waals surface area contributed by atoms with Crippen LogP contribution in [0.3, 0.4) is 0 Å². The number of rotatable bonds is 15. The van der Waals surface area contributed by atoms with E-state index >= 15 is 0 Å². The lowest BCUT2D eigenvalue weighted by Crippen LogP contribution is -2.47. The summed E-state index contributed by atoms with van der Waals surface area (Å²) in [5, 5.41) is 21.4. The number of ether oxygens (including phenoxy) is 4. The maximum atomic E-state index is 12.0. The molecule has 2 aliphatic heterocycles. The molecule has 8 heteroatoms. The van der Waals surface area contributed by atoms with Gasteiger partial charge in [0.1, 0.15) is 36.0 Å². The average Bonchev–Trinajstić information content (AvgIpc) is 3.36. The third-order valence-electron chi connectivity index (χ3n) is 6.35. The molecular formula is C24H42O8. The second-order valence-corrected chi connectivity index (χ2v) is 9.47. The Balaban J connectivity index is 1.79. The number of carbonyl (C=O) groups is 2. The van der Waals surface area contributed by atoms with Gasteiger partial charge < -0.3 is 29.2 Å². The predicted molar refractivity (Wildman–Crippen MR) is 118 cm³/mol. The van der Waals surface area contributed by atoms with Gasteiger partial charge in [0.2, 0.25) is 0 Å². The van der Waals surface area contributed by atoms with Gasteiger partial charge in [-0.25, -0.2) is 0 Å². The molecule has 2 saturated heterocycles. The van der Waals surface area contributed by atoms with Crippen molar-refractivity contribution in [1.82, 2.24) is 0 Å². The predicted octanol–water partition coefficient (Wildman–Crippen LogP) is 3.05. The van der Waals surface area contributed by atoms with Gasteiger partial charge in [0, 0.05) is 38.5 Å². The molecule has 2 heterocycles. The molecule has 8 nitrogen and oxygen atoms in total. The fourth-order valence-electron chi connectivity index (χ4n) is 4.06. The number of carbonyl (C=O) groups excluding carboxylic acids is 2. The Morgan fingerprint density at radius 2 is 1.16 bits per heavy atom. The van der Waals surface area contributed by atoms with Crippen LogP contribution in [0, 0.1) is 0 Å². The lowest BCUT2D eigenvalue weighted by Gasteiger charge is -2.29. The van der Waals surface area contributed by atoms with Gasteiger partial charge in [-0.05, 0) is 26.7 Å². The van der Waals surface area contributed by atoms with Crippen molar-refractivity contribution in [1.29, 1.82) is 0 Å². The monoisotopic (exact) mass is 458 g/mol. The second kappa shape index (κ2) is 12.5. The molecule has 0 aromatic rings. The van der Waals surface area contributed by atoms with Crippen LogP contribution in [0.5, 0.6) is 0 Å². The van der Waals surface area contributed by atoms with Crippen molar-refractivity contribution in [3.05, 3.63) is 0 Å². The zero-order valence-electron chi connectivity index (χ0n) is 20.1. The van der Waals surface area contributed by atoms with E-state index in [1.54, 1.807) is 13.8 Å². The Hall–Kier alpha value is -0.900. The molecule has 2 fully saturated rings. The highest BCUT2D eigenvalue weighted by atomic mass is 16.8. The SMILES string of the molecule is CCCCC(=O)CCC1(C)OCC(C(O)C(O)C2COC(C)(CCC(=O)CCCC)O2)O1. The summed E-state index contributed by atoms with van der Waals surface area (Å²) in [6.07, 6.45) is 2.42. The highest BCUT2D eigenvalue weighted by Crippen LogP contribution is 2.34. The number of ketones is 2. The van der Waals surface area contributed by atoms with E-state index in [1.165, 1.54) is 0 Å². The zero-order chi connectivity index (χ0) is 23.8. The summed E-state index contributed by atoms with van der Waals surface area (Å²) in [6.45, 7) is 7.83. The number of unbranched alkanes of at least 4 members (excludes halogenated alkanes) is 2. The number of Topliss-reactive ketones (excluding diaryl/α,β-unsaturated/α-hetero) is 2. The Kier molecular flexibility index (Phi) is 10.7. The van der Waals surface area contributed by atoms with Gasteiger partial charge in [-0.15, -0.1) is 0 Å². The fourth-order valence-corrected chi connectivity index (χ4v) is 4.06. The van der Waals surface area contributed by atoms with Crippen LogP contribution < -0.4 is 0 Å². The van der Waals surface area contributed by atoms with Gasteiger partial charge >= 0.3 is 0 Å². The minimum Gasteiger partial charge on any atom is -0.387 e. The smallest absolute Gasteiger partial charge is 0.166 e. The lowest BCUT2D eigenvalue weighted by molar-refractivity contribution is -0.197. The second-order valence-electron chi connectivity index (χ2n) is 9.47. The summed E-state index contributed by atoms with van der Waals surface area (Å²) in [5.41, 5.74) is 0. The zero-order valence-corrected chi connectivity index (χ0v) is 20.1. The molecule has 0 aromatic carbocycles. The van der Waals surface area contributed by atoms with Crippen molar-refractivity contribution < 1.29 is 38.7 Å². The van der Waals surface area contributed by atoms with Crippen LogP contribution in [0.2, 0.25) is 0 Å². The van der Waals surface area contributed by atoms with Crippen LogP contribution >= 0.6 is 0 Å². The van der Waals surface area contributed by atoms with E-state index in [9.17, 15) is 19.8 Å². The summed E-state index contributed by atoms with van der Waals surface area (Å²) in [7, 11) is 0. The maximum absolute atomic E-state index is 12.0. The van der Waals surface area contributed by atoms with Crippen LogP contribution in [0.15, 0.2) is 0 Å². The van der Waals surface area contributed by atoms with E-state index in [4.69, 9.17) is 18.9 Å². The van der Waals surface area contributed by atoms with E-state index in [1.807, 2.05) is 13.8 Å². The van der Waals surface area contributed by atoms with Crippen molar-refractivity contribution in [3.63, 3.8) is 0 Å². The molecule has 186 valence electrons. The molecule has 0 aliphatic carbocycles. The number of hydrogen-bond donors (Lipinski definition) is 2. The molecule has 6 atom stereocenters. The molecule has 0 saturated carbocycles. The van der Waals surface area contributed by atoms with E-state index in [0.717, 1.165) is 25.7 Å². The van der Waals surface area contributed by atoms with E-state index in [0.29, 0.717) is 38.5 Å². The van der Waals surface area contributed by atoms with E-state index in [-0.39, 0.29) is 24.8 Å². The first-order valence-corrected chi connectivity index (χ1v) is 12.1. The summed E-state index contributed by atoms with van der Waals surface area (Å²) in [5.74, 6) is -1.58. The Morgan fingerprint density at radius 1 is 0.781 bits per heavy atom. The number of aliphatic hydroxyl groups is 2. The highest BCUT2D eigenvalue weighted by molar-refractivity contribution is 5.78. The molecule has 0 spiro atoms. The summed E-state index contributed by atoms with van der Waals surface area (Å²) in [6, 6.07) is 0. The van der Waals surface area contributed by atoms with Crippen LogP contribution in [0.1, 0.15) is 91.9 Å². The molecular weight excluding hydrogens is 416 g/mol. The van der Waals surface area contributed by atoms with Crippen molar-refractivity contribution >= 4 is 11.6 Å². The normalized spacial score (nSPS) is 32.2.